The van der Waals surface area contributed by atoms with Crippen LogP contribution in [-0.4, -0.2) is 23.5 Å². The fourth-order valence-electron chi connectivity index (χ4n) is 2.49. The molecule has 1 unspecified atom stereocenters. The lowest BCUT2D eigenvalue weighted by Gasteiger charge is -2.25. The number of hydrogen-bond donors (Lipinski definition) is 0. The molecule has 1 aliphatic carbocycles. The minimum Gasteiger partial charge on any atom is -0.462 e. The van der Waals surface area contributed by atoms with E-state index < -0.39 is 0 Å². The van der Waals surface area contributed by atoms with Gasteiger partial charge in [-0.2, -0.15) is 0 Å². The molecule has 0 saturated heterocycles. The van der Waals surface area contributed by atoms with Crippen molar-refractivity contribution in [2.75, 3.05) is 6.61 Å². The lowest BCUT2D eigenvalue weighted by Crippen LogP contribution is -2.19. The standard InChI is InChI=1S/C15H19NO4/c1-4-19-15(18)12-8-11-6-5-7-13(20-10(3)17)14(11)16-9(12)2/h8,13H,4-7H2,1-3H3. The summed E-state index contributed by atoms with van der Waals surface area (Å²) in [5.41, 5.74) is 2.85. The number of carbonyl (C=O) groups is 2. The van der Waals surface area contributed by atoms with Crippen molar-refractivity contribution in [1.29, 1.82) is 0 Å². The van der Waals surface area contributed by atoms with E-state index >= 15 is 0 Å². The third-order valence-corrected chi connectivity index (χ3v) is 3.35. The van der Waals surface area contributed by atoms with Gasteiger partial charge in [0.1, 0.15) is 6.10 Å². The number of aryl methyl sites for hydroxylation is 2. The van der Waals surface area contributed by atoms with Gasteiger partial charge in [0.05, 0.1) is 23.6 Å². The number of ether oxygens (including phenoxy) is 2. The molecule has 0 N–H and O–H groups in total. The smallest absolute Gasteiger partial charge is 0.339 e. The number of esters is 2. The number of pyridine rings is 1. The molecule has 1 atom stereocenters. The van der Waals surface area contributed by atoms with Gasteiger partial charge >= 0.3 is 11.9 Å². The SMILES string of the molecule is CCOC(=O)c1cc2c(nc1C)C(OC(C)=O)CCC2. The van der Waals surface area contributed by atoms with Crippen molar-refractivity contribution in [2.24, 2.45) is 0 Å². The number of aromatic nitrogens is 1. The Bertz CT molecular complexity index is 539. The highest BCUT2D eigenvalue weighted by Crippen LogP contribution is 2.32. The molecule has 0 spiro atoms. The summed E-state index contributed by atoms with van der Waals surface area (Å²) in [5.74, 6) is -0.660. The van der Waals surface area contributed by atoms with Crippen molar-refractivity contribution < 1.29 is 19.1 Å². The number of rotatable bonds is 3. The zero-order valence-electron chi connectivity index (χ0n) is 12.1. The summed E-state index contributed by atoms with van der Waals surface area (Å²) in [7, 11) is 0. The topological polar surface area (TPSA) is 65.5 Å². The molecule has 0 aliphatic heterocycles. The highest BCUT2D eigenvalue weighted by molar-refractivity contribution is 5.90. The van der Waals surface area contributed by atoms with Gasteiger partial charge in [-0.05, 0) is 44.7 Å². The second-order valence-electron chi connectivity index (χ2n) is 4.88. The number of nitrogens with zero attached hydrogens (tertiary/aromatic N) is 1. The third-order valence-electron chi connectivity index (χ3n) is 3.35. The first-order valence-electron chi connectivity index (χ1n) is 6.87. The maximum Gasteiger partial charge on any atom is 0.339 e. The first-order chi connectivity index (χ1) is 9.52. The average molecular weight is 277 g/mol. The van der Waals surface area contributed by atoms with E-state index in [1.807, 2.05) is 6.07 Å². The van der Waals surface area contributed by atoms with Crippen LogP contribution in [0.3, 0.4) is 0 Å². The molecule has 0 amide bonds. The van der Waals surface area contributed by atoms with Gasteiger partial charge in [-0.3, -0.25) is 9.78 Å². The predicted molar refractivity (Wildman–Crippen MR) is 72.4 cm³/mol. The normalized spacial score (nSPS) is 17.2. The Morgan fingerprint density at radius 1 is 1.45 bits per heavy atom. The number of carbonyl (C=O) groups excluding carboxylic acids is 2. The van der Waals surface area contributed by atoms with Gasteiger partial charge in [0.2, 0.25) is 0 Å². The Balaban J connectivity index is 2.36. The van der Waals surface area contributed by atoms with Gasteiger partial charge in [0, 0.05) is 6.92 Å². The van der Waals surface area contributed by atoms with Gasteiger partial charge in [0.25, 0.3) is 0 Å². The molecule has 1 aromatic rings. The van der Waals surface area contributed by atoms with Crippen LogP contribution in [0.25, 0.3) is 0 Å². The van der Waals surface area contributed by atoms with Crippen molar-refractivity contribution >= 4 is 11.9 Å². The molecule has 5 nitrogen and oxygen atoms in total. The van der Waals surface area contributed by atoms with E-state index in [9.17, 15) is 9.59 Å². The van der Waals surface area contributed by atoms with Gasteiger partial charge < -0.3 is 9.47 Å². The summed E-state index contributed by atoms with van der Waals surface area (Å²) in [6.07, 6.45) is 2.23. The minimum atomic E-state index is -0.352. The van der Waals surface area contributed by atoms with E-state index in [0.717, 1.165) is 30.5 Å². The van der Waals surface area contributed by atoms with E-state index in [2.05, 4.69) is 4.98 Å². The van der Waals surface area contributed by atoms with Crippen molar-refractivity contribution in [2.45, 2.75) is 46.1 Å². The Labute approximate surface area is 118 Å². The van der Waals surface area contributed by atoms with Crippen LogP contribution in [-0.2, 0) is 20.7 Å². The highest BCUT2D eigenvalue weighted by atomic mass is 16.5. The second-order valence-corrected chi connectivity index (χ2v) is 4.88. The van der Waals surface area contributed by atoms with Crippen LogP contribution in [0.4, 0.5) is 0 Å². The van der Waals surface area contributed by atoms with Crippen molar-refractivity contribution in [3.05, 3.63) is 28.6 Å². The molecule has 108 valence electrons. The molecule has 0 bridgehead atoms. The molecule has 0 fully saturated rings. The highest BCUT2D eigenvalue weighted by Gasteiger charge is 2.26. The van der Waals surface area contributed by atoms with Crippen LogP contribution in [0.5, 0.6) is 0 Å². The second kappa shape index (κ2) is 6.03. The summed E-state index contributed by atoms with van der Waals surface area (Å²) in [6, 6.07) is 1.82. The van der Waals surface area contributed by atoms with Gasteiger partial charge in [0.15, 0.2) is 0 Å². The largest absolute Gasteiger partial charge is 0.462 e. The molecule has 0 saturated carbocycles. The predicted octanol–water partition coefficient (Wildman–Crippen LogP) is 2.51. The van der Waals surface area contributed by atoms with Crippen LogP contribution >= 0.6 is 0 Å². The summed E-state index contributed by atoms with van der Waals surface area (Å²) in [5, 5.41) is 0. The maximum absolute atomic E-state index is 11.9. The molecular formula is C15H19NO4. The van der Waals surface area contributed by atoms with Crippen molar-refractivity contribution in [3.63, 3.8) is 0 Å². The number of fused-ring (bicyclic) bond motifs is 1. The first-order valence-corrected chi connectivity index (χ1v) is 6.87. The molecule has 1 aliphatic rings. The van der Waals surface area contributed by atoms with Gasteiger partial charge in [-0.15, -0.1) is 0 Å². The molecule has 20 heavy (non-hydrogen) atoms. The summed E-state index contributed by atoms with van der Waals surface area (Å²) >= 11 is 0. The van der Waals surface area contributed by atoms with E-state index in [1.54, 1.807) is 13.8 Å². The average Bonchev–Trinajstić information content (AvgIpc) is 2.38. The lowest BCUT2D eigenvalue weighted by atomic mass is 9.92. The van der Waals surface area contributed by atoms with Crippen LogP contribution < -0.4 is 0 Å². The van der Waals surface area contributed by atoms with Crippen LogP contribution in [0.15, 0.2) is 6.07 Å². The Hall–Kier alpha value is -1.91. The van der Waals surface area contributed by atoms with Crippen molar-refractivity contribution in [3.8, 4) is 0 Å². The lowest BCUT2D eigenvalue weighted by molar-refractivity contribution is -0.147. The summed E-state index contributed by atoms with van der Waals surface area (Å²) in [4.78, 5) is 27.5. The van der Waals surface area contributed by atoms with Crippen LogP contribution in [0.2, 0.25) is 0 Å². The van der Waals surface area contributed by atoms with E-state index in [1.165, 1.54) is 6.92 Å². The maximum atomic E-state index is 11.9. The third kappa shape index (κ3) is 2.98. The Kier molecular flexibility index (Phi) is 4.37. The van der Waals surface area contributed by atoms with Crippen LogP contribution in [0, 0.1) is 6.92 Å². The first kappa shape index (κ1) is 14.5. The number of hydrogen-bond acceptors (Lipinski definition) is 5. The van der Waals surface area contributed by atoms with Gasteiger partial charge in [-0.25, -0.2) is 4.79 Å². The molecule has 2 rings (SSSR count). The van der Waals surface area contributed by atoms with Crippen molar-refractivity contribution in [1.82, 2.24) is 4.98 Å². The molecule has 0 aromatic carbocycles. The monoisotopic (exact) mass is 277 g/mol. The minimum absolute atomic E-state index is 0.300. The fraction of sp³-hybridized carbons (Fsp3) is 0.533. The van der Waals surface area contributed by atoms with E-state index in [0.29, 0.717) is 17.9 Å². The molecule has 1 heterocycles. The van der Waals surface area contributed by atoms with E-state index in [-0.39, 0.29) is 18.0 Å². The zero-order chi connectivity index (χ0) is 14.7. The Morgan fingerprint density at radius 3 is 2.85 bits per heavy atom. The molecule has 1 aromatic heterocycles. The zero-order valence-corrected chi connectivity index (χ0v) is 12.1. The van der Waals surface area contributed by atoms with E-state index in [4.69, 9.17) is 9.47 Å². The molecule has 5 heteroatoms. The quantitative estimate of drug-likeness (QED) is 0.794. The summed E-state index contributed by atoms with van der Waals surface area (Å²) < 4.78 is 10.3. The Morgan fingerprint density at radius 2 is 2.20 bits per heavy atom. The van der Waals surface area contributed by atoms with Gasteiger partial charge in [-0.1, -0.05) is 0 Å². The molecular weight excluding hydrogens is 258 g/mol. The van der Waals surface area contributed by atoms with Crippen LogP contribution in [0.1, 0.15) is 60.1 Å². The fourth-order valence-corrected chi connectivity index (χ4v) is 2.49. The molecule has 0 radical (unpaired) electrons. The summed E-state index contributed by atoms with van der Waals surface area (Å²) in [6.45, 7) is 5.28.